The Bertz CT molecular complexity index is 364. The molecular formula is C11H19N3OS2. The lowest BCUT2D eigenvalue weighted by atomic mass is 10.2. The van der Waals surface area contributed by atoms with E-state index in [2.05, 4.69) is 34.5 Å². The summed E-state index contributed by atoms with van der Waals surface area (Å²) < 4.78 is 0. The summed E-state index contributed by atoms with van der Waals surface area (Å²) in [6.07, 6.45) is 6.55. The van der Waals surface area contributed by atoms with E-state index in [9.17, 15) is 4.79 Å². The van der Waals surface area contributed by atoms with Gasteiger partial charge in [-0.2, -0.15) is 22.7 Å². The summed E-state index contributed by atoms with van der Waals surface area (Å²) in [5.74, 6) is 2.89. The van der Waals surface area contributed by atoms with Crippen molar-refractivity contribution in [3.63, 3.8) is 0 Å². The number of nitrogens with one attached hydrogen (secondary N) is 2. The SMILES string of the molecule is CS1(C(=O)C2=CNC=NC2NCCS)CCC1. The van der Waals surface area contributed by atoms with Crippen LogP contribution in [0.5, 0.6) is 0 Å². The van der Waals surface area contributed by atoms with Gasteiger partial charge < -0.3 is 5.32 Å². The minimum atomic E-state index is -1.06. The molecule has 1 unspecified atom stereocenters. The monoisotopic (exact) mass is 273 g/mol. The third kappa shape index (κ3) is 2.69. The summed E-state index contributed by atoms with van der Waals surface area (Å²) in [5.41, 5.74) is 0.784. The van der Waals surface area contributed by atoms with Gasteiger partial charge in [-0.05, 0) is 24.2 Å². The van der Waals surface area contributed by atoms with E-state index in [0.29, 0.717) is 5.12 Å². The maximum atomic E-state index is 12.5. The first kappa shape index (κ1) is 13.0. The van der Waals surface area contributed by atoms with Gasteiger partial charge in [-0.1, -0.05) is 0 Å². The van der Waals surface area contributed by atoms with Gasteiger partial charge in [0.25, 0.3) is 0 Å². The predicted octanol–water partition coefficient (Wildman–Crippen LogP) is 0.712. The highest BCUT2D eigenvalue weighted by atomic mass is 32.3. The standard InChI is InChI=1S/C11H19N3OS2/c1-17(5-2-6-17)11(15)9-7-12-8-14-10(9)13-3-4-16/h7-8,10,13,16H,2-6H2,1H3,(H,12,14). The Kier molecular flexibility index (Phi) is 4.17. The molecule has 0 bridgehead atoms. The lowest BCUT2D eigenvalue weighted by Crippen LogP contribution is -2.40. The smallest absolute Gasteiger partial charge is 0.203 e. The fraction of sp³-hybridized carbons (Fsp3) is 0.636. The topological polar surface area (TPSA) is 53.5 Å². The molecule has 17 heavy (non-hydrogen) atoms. The van der Waals surface area contributed by atoms with Crippen molar-refractivity contribution in [2.75, 3.05) is 30.1 Å². The lowest BCUT2D eigenvalue weighted by molar-refractivity contribution is -0.108. The van der Waals surface area contributed by atoms with E-state index in [0.717, 1.165) is 29.4 Å². The second-order valence-corrected chi connectivity index (χ2v) is 8.63. The van der Waals surface area contributed by atoms with Crippen molar-refractivity contribution in [3.05, 3.63) is 11.8 Å². The first-order chi connectivity index (χ1) is 8.17. The van der Waals surface area contributed by atoms with Crippen molar-refractivity contribution in [2.45, 2.75) is 12.6 Å². The number of hydrogen-bond donors (Lipinski definition) is 3. The van der Waals surface area contributed by atoms with Crippen molar-refractivity contribution in [2.24, 2.45) is 4.99 Å². The van der Waals surface area contributed by atoms with Crippen LogP contribution in [-0.4, -0.2) is 47.7 Å². The molecule has 0 aromatic carbocycles. The molecule has 0 aromatic heterocycles. The van der Waals surface area contributed by atoms with Crippen LogP contribution in [0.15, 0.2) is 16.8 Å². The third-order valence-corrected chi connectivity index (χ3v) is 6.89. The van der Waals surface area contributed by atoms with E-state index in [4.69, 9.17) is 0 Å². The molecule has 2 heterocycles. The van der Waals surface area contributed by atoms with Gasteiger partial charge >= 0.3 is 0 Å². The van der Waals surface area contributed by atoms with Gasteiger partial charge in [0.15, 0.2) is 0 Å². The van der Waals surface area contributed by atoms with Crippen LogP contribution >= 0.6 is 22.7 Å². The van der Waals surface area contributed by atoms with Gasteiger partial charge in [0, 0.05) is 18.5 Å². The zero-order chi connectivity index (χ0) is 12.3. The number of carbonyl (C=O) groups excluding carboxylic acids is 1. The Morgan fingerprint density at radius 2 is 2.47 bits per heavy atom. The first-order valence-corrected chi connectivity index (χ1v) is 8.79. The van der Waals surface area contributed by atoms with Gasteiger partial charge in [-0.3, -0.25) is 15.1 Å². The van der Waals surface area contributed by atoms with Crippen LogP contribution in [0.1, 0.15) is 6.42 Å². The highest BCUT2D eigenvalue weighted by molar-refractivity contribution is 8.46. The van der Waals surface area contributed by atoms with Crippen LogP contribution in [0.2, 0.25) is 0 Å². The van der Waals surface area contributed by atoms with Crippen molar-refractivity contribution < 1.29 is 4.79 Å². The molecule has 0 amide bonds. The van der Waals surface area contributed by atoms with Gasteiger partial charge in [0.1, 0.15) is 6.17 Å². The molecular weight excluding hydrogens is 254 g/mol. The molecule has 6 heteroatoms. The number of thiol groups is 1. The second-order valence-electron chi connectivity index (χ2n) is 4.45. The normalized spacial score (nSPS) is 27.6. The second kappa shape index (κ2) is 5.46. The van der Waals surface area contributed by atoms with E-state index in [1.807, 2.05) is 0 Å². The van der Waals surface area contributed by atoms with E-state index in [1.54, 1.807) is 12.5 Å². The van der Waals surface area contributed by atoms with E-state index in [1.165, 1.54) is 6.42 Å². The van der Waals surface area contributed by atoms with Crippen LogP contribution in [0.4, 0.5) is 0 Å². The van der Waals surface area contributed by atoms with Crippen molar-refractivity contribution in [1.82, 2.24) is 10.6 Å². The Morgan fingerprint density at radius 3 is 3.06 bits per heavy atom. The fourth-order valence-corrected chi connectivity index (χ4v) is 4.38. The zero-order valence-electron chi connectivity index (χ0n) is 9.98. The average Bonchev–Trinajstić information content (AvgIpc) is 2.33. The third-order valence-electron chi connectivity index (χ3n) is 3.15. The molecule has 1 saturated heterocycles. The molecule has 0 aliphatic carbocycles. The molecule has 2 aliphatic heterocycles. The van der Waals surface area contributed by atoms with E-state index in [-0.39, 0.29) is 6.17 Å². The number of hydrogen-bond acceptors (Lipinski definition) is 5. The molecule has 2 aliphatic rings. The largest absolute Gasteiger partial charge is 0.352 e. The van der Waals surface area contributed by atoms with Crippen molar-refractivity contribution in [1.29, 1.82) is 0 Å². The molecule has 96 valence electrons. The number of aliphatic imine (C=N–C) groups is 1. The van der Waals surface area contributed by atoms with Gasteiger partial charge in [0.2, 0.25) is 5.12 Å². The first-order valence-electron chi connectivity index (χ1n) is 5.77. The quantitative estimate of drug-likeness (QED) is 0.661. The highest BCUT2D eigenvalue weighted by Crippen LogP contribution is 2.55. The molecule has 1 atom stereocenters. The molecule has 0 aromatic rings. The molecule has 0 radical (unpaired) electrons. The van der Waals surface area contributed by atoms with Gasteiger partial charge in [0.05, 0.1) is 11.9 Å². The minimum absolute atomic E-state index is 0.194. The molecule has 2 N–H and O–H groups in total. The van der Waals surface area contributed by atoms with Crippen molar-refractivity contribution in [3.8, 4) is 0 Å². The minimum Gasteiger partial charge on any atom is -0.352 e. The van der Waals surface area contributed by atoms with Crippen LogP contribution in [0.25, 0.3) is 0 Å². The van der Waals surface area contributed by atoms with Crippen LogP contribution < -0.4 is 10.6 Å². The predicted molar refractivity (Wildman–Crippen MR) is 78.2 cm³/mol. The Labute approximate surface area is 109 Å². The van der Waals surface area contributed by atoms with Gasteiger partial charge in [-0.15, -0.1) is 0 Å². The summed E-state index contributed by atoms with van der Waals surface area (Å²) in [6.45, 7) is 0.752. The Morgan fingerprint density at radius 1 is 1.71 bits per heavy atom. The van der Waals surface area contributed by atoms with Crippen LogP contribution in [0.3, 0.4) is 0 Å². The zero-order valence-corrected chi connectivity index (χ0v) is 11.7. The number of carbonyl (C=O) groups is 1. The summed E-state index contributed by atoms with van der Waals surface area (Å²) in [4.78, 5) is 16.8. The molecule has 2 rings (SSSR count). The van der Waals surface area contributed by atoms with Gasteiger partial charge in [-0.25, -0.2) is 0 Å². The highest BCUT2D eigenvalue weighted by Gasteiger charge is 2.38. The Hall–Kier alpha value is -0.460. The molecule has 1 fully saturated rings. The summed E-state index contributed by atoms with van der Waals surface area (Å²) in [7, 11) is -1.06. The molecule has 4 nitrogen and oxygen atoms in total. The Balaban J connectivity index is 2.06. The lowest BCUT2D eigenvalue weighted by Gasteiger charge is -2.43. The molecule has 0 spiro atoms. The van der Waals surface area contributed by atoms with Crippen molar-refractivity contribution >= 4 is 34.1 Å². The number of rotatable bonds is 4. The average molecular weight is 273 g/mol. The van der Waals surface area contributed by atoms with E-state index < -0.39 is 10.0 Å². The fourth-order valence-electron chi connectivity index (χ4n) is 1.99. The van der Waals surface area contributed by atoms with Crippen LogP contribution in [0, 0.1) is 0 Å². The molecule has 0 saturated carbocycles. The summed E-state index contributed by atoms with van der Waals surface area (Å²) in [6, 6.07) is 0. The summed E-state index contributed by atoms with van der Waals surface area (Å²) in [5, 5.41) is 6.46. The van der Waals surface area contributed by atoms with E-state index >= 15 is 0 Å². The van der Waals surface area contributed by atoms with Crippen LogP contribution in [-0.2, 0) is 4.79 Å². The number of nitrogens with zero attached hydrogens (tertiary/aromatic N) is 1. The summed E-state index contributed by atoms with van der Waals surface area (Å²) >= 11 is 4.16. The maximum Gasteiger partial charge on any atom is 0.203 e. The maximum absolute atomic E-state index is 12.5.